The molecule has 1 fully saturated rings. The van der Waals surface area contributed by atoms with Crippen LogP contribution in [0.1, 0.15) is 42.8 Å². The molecule has 0 amide bonds. The summed E-state index contributed by atoms with van der Waals surface area (Å²) in [5.41, 5.74) is 3.02. The van der Waals surface area contributed by atoms with Gasteiger partial charge < -0.3 is 14.0 Å². The van der Waals surface area contributed by atoms with E-state index in [-0.39, 0.29) is 6.61 Å². The minimum absolute atomic E-state index is 0.0902. The number of alkyl halides is 1. The molecule has 9 heteroatoms. The number of halogens is 3. The number of nitrogens with zero attached hydrogens (tertiary/aromatic N) is 4. The van der Waals surface area contributed by atoms with Crippen LogP contribution in [-0.4, -0.2) is 38.9 Å². The fourth-order valence-corrected chi connectivity index (χ4v) is 4.92. The highest BCUT2D eigenvalue weighted by atomic mass is 35.5. The highest BCUT2D eigenvalue weighted by Gasteiger charge is 2.24. The number of likely N-dealkylation sites (tertiary alicyclic amines) is 1. The molecule has 0 N–H and O–H groups in total. The van der Waals surface area contributed by atoms with E-state index in [1.807, 2.05) is 35.9 Å². The predicted octanol–water partition coefficient (Wildman–Crippen LogP) is 6.41. The van der Waals surface area contributed by atoms with Crippen molar-refractivity contribution < 1.29 is 18.3 Å². The van der Waals surface area contributed by atoms with Gasteiger partial charge in [0.15, 0.2) is 5.75 Å². The lowest BCUT2D eigenvalue weighted by atomic mass is 9.93. The van der Waals surface area contributed by atoms with Crippen LogP contribution >= 0.6 is 11.6 Å². The molecule has 2 aromatic heterocycles. The summed E-state index contributed by atoms with van der Waals surface area (Å²) in [7, 11) is 1.98. The first kappa shape index (κ1) is 25.4. The number of benzene rings is 2. The summed E-state index contributed by atoms with van der Waals surface area (Å²) < 4.78 is 40.6. The minimum atomic E-state index is -1.40. The van der Waals surface area contributed by atoms with Crippen LogP contribution in [0.2, 0.25) is 5.02 Å². The van der Waals surface area contributed by atoms with Gasteiger partial charge in [0.1, 0.15) is 23.8 Å². The van der Waals surface area contributed by atoms with Crippen molar-refractivity contribution in [1.82, 2.24) is 19.4 Å². The van der Waals surface area contributed by atoms with E-state index in [0.29, 0.717) is 40.2 Å². The van der Waals surface area contributed by atoms with E-state index in [4.69, 9.17) is 31.0 Å². The second-order valence-electron chi connectivity index (χ2n) is 9.35. The molecule has 4 aromatic rings. The molecule has 1 saturated heterocycles. The molecular formula is C28H29ClF2N4O2. The lowest BCUT2D eigenvalue weighted by Crippen LogP contribution is -2.33. The first-order valence-corrected chi connectivity index (χ1v) is 12.8. The molecule has 6 nitrogen and oxygen atoms in total. The van der Waals surface area contributed by atoms with E-state index in [0.717, 1.165) is 43.0 Å². The predicted molar refractivity (Wildman–Crippen MR) is 139 cm³/mol. The lowest BCUT2D eigenvalue weighted by Gasteiger charge is -2.31. The zero-order chi connectivity index (χ0) is 25.9. The number of hydrogen-bond acceptors (Lipinski definition) is 5. The van der Waals surface area contributed by atoms with Gasteiger partial charge in [-0.05, 0) is 56.3 Å². The molecule has 0 saturated carbocycles. The molecule has 194 valence electrons. The quantitative estimate of drug-likeness (QED) is 0.265. The molecule has 0 unspecified atom stereocenters. The molecule has 0 spiro atoms. The summed E-state index contributed by atoms with van der Waals surface area (Å²) in [6.45, 7) is 3.96. The summed E-state index contributed by atoms with van der Waals surface area (Å²) in [6.07, 6.45) is 0.520. The monoisotopic (exact) mass is 526 g/mol. The van der Waals surface area contributed by atoms with E-state index >= 15 is 0 Å². The Morgan fingerprint density at radius 3 is 2.62 bits per heavy atom. The number of hydrogen-bond donors (Lipinski definition) is 0. The van der Waals surface area contributed by atoms with E-state index < -0.39 is 12.2 Å². The topological polar surface area (TPSA) is 52.4 Å². The van der Waals surface area contributed by atoms with Crippen molar-refractivity contribution in [3.8, 4) is 11.6 Å². The third kappa shape index (κ3) is 5.86. The van der Waals surface area contributed by atoms with Crippen molar-refractivity contribution in [3.63, 3.8) is 0 Å². The van der Waals surface area contributed by atoms with Crippen LogP contribution in [0.3, 0.4) is 0 Å². The zero-order valence-electron chi connectivity index (χ0n) is 20.8. The van der Waals surface area contributed by atoms with Gasteiger partial charge in [0.25, 0.3) is 0 Å². The van der Waals surface area contributed by atoms with Gasteiger partial charge in [0, 0.05) is 42.2 Å². The standard InChI is InChI=1S/C28H29ClF2N4O2/c1-18(30)37-25-7-4-6-24-28(25)33-26(34(24)2)16-35-13-11-19(12-14-35)23-5-3-8-27(32-23)36-17-20-9-10-21(29)15-22(20)31/h3-10,15,18-19H,11-14,16-17H2,1-2H3/t18-/m1/s1. The van der Waals surface area contributed by atoms with Crippen molar-refractivity contribution in [3.05, 3.63) is 82.5 Å². The average molecular weight is 527 g/mol. The van der Waals surface area contributed by atoms with Gasteiger partial charge in [-0.2, -0.15) is 0 Å². The van der Waals surface area contributed by atoms with E-state index in [1.165, 1.54) is 13.0 Å². The van der Waals surface area contributed by atoms with Crippen LogP contribution in [-0.2, 0) is 20.2 Å². The highest BCUT2D eigenvalue weighted by molar-refractivity contribution is 6.30. The number of aromatic nitrogens is 3. The number of pyridine rings is 1. The van der Waals surface area contributed by atoms with Gasteiger partial charge in [0.05, 0.1) is 12.1 Å². The number of fused-ring (bicyclic) bond motifs is 1. The Labute approximate surface area is 219 Å². The summed E-state index contributed by atoms with van der Waals surface area (Å²) in [5, 5.41) is 0.356. The maximum absolute atomic E-state index is 14.1. The summed E-state index contributed by atoms with van der Waals surface area (Å²) in [6, 6.07) is 15.9. The SMILES string of the molecule is C[C@H](F)Oc1cccc2c1nc(CN1CCC(c3cccc(OCc4ccc(Cl)cc4F)n3)CC1)n2C. The van der Waals surface area contributed by atoms with Crippen molar-refractivity contribution in [2.24, 2.45) is 7.05 Å². The van der Waals surface area contributed by atoms with Crippen molar-refractivity contribution in [1.29, 1.82) is 0 Å². The number of aryl methyl sites for hydroxylation is 1. The molecule has 0 bridgehead atoms. The minimum Gasteiger partial charge on any atom is -0.473 e. The van der Waals surface area contributed by atoms with Gasteiger partial charge in [-0.3, -0.25) is 4.90 Å². The molecule has 37 heavy (non-hydrogen) atoms. The Bertz CT molecular complexity index is 1390. The van der Waals surface area contributed by atoms with Crippen molar-refractivity contribution in [2.75, 3.05) is 13.1 Å². The third-order valence-electron chi connectivity index (χ3n) is 6.76. The molecular weight excluding hydrogens is 498 g/mol. The number of imidazole rings is 1. The fourth-order valence-electron chi connectivity index (χ4n) is 4.76. The molecule has 2 aromatic carbocycles. The van der Waals surface area contributed by atoms with Crippen LogP contribution < -0.4 is 9.47 Å². The van der Waals surface area contributed by atoms with Crippen molar-refractivity contribution >= 4 is 22.6 Å². The molecule has 1 atom stereocenters. The molecule has 1 aliphatic rings. The summed E-state index contributed by atoms with van der Waals surface area (Å²) in [5.74, 6) is 1.78. The van der Waals surface area contributed by atoms with Gasteiger partial charge in [0.2, 0.25) is 12.2 Å². The Morgan fingerprint density at radius 2 is 1.86 bits per heavy atom. The van der Waals surface area contributed by atoms with E-state index in [2.05, 4.69) is 4.90 Å². The smallest absolute Gasteiger partial charge is 0.235 e. The van der Waals surface area contributed by atoms with Gasteiger partial charge in [-0.25, -0.2) is 18.7 Å². The second-order valence-corrected chi connectivity index (χ2v) is 9.78. The zero-order valence-corrected chi connectivity index (χ0v) is 21.6. The van der Waals surface area contributed by atoms with E-state index in [1.54, 1.807) is 24.3 Å². The molecule has 5 rings (SSSR count). The molecule has 3 heterocycles. The van der Waals surface area contributed by atoms with Crippen molar-refractivity contribution in [2.45, 2.75) is 45.2 Å². The number of piperidine rings is 1. The summed E-state index contributed by atoms with van der Waals surface area (Å²) >= 11 is 5.83. The Balaban J connectivity index is 1.20. The first-order valence-electron chi connectivity index (χ1n) is 12.4. The molecule has 0 radical (unpaired) electrons. The van der Waals surface area contributed by atoms with Gasteiger partial charge >= 0.3 is 0 Å². The average Bonchev–Trinajstić information content (AvgIpc) is 3.20. The normalized spacial score (nSPS) is 15.7. The van der Waals surface area contributed by atoms with Crippen LogP contribution in [0, 0.1) is 5.82 Å². The van der Waals surface area contributed by atoms with Crippen LogP contribution in [0.4, 0.5) is 8.78 Å². The molecule has 1 aliphatic heterocycles. The maximum atomic E-state index is 14.1. The second kappa shape index (κ2) is 11.0. The number of para-hydroxylation sites is 1. The fraction of sp³-hybridized carbons (Fsp3) is 0.357. The lowest BCUT2D eigenvalue weighted by molar-refractivity contribution is 0.0875. The van der Waals surface area contributed by atoms with E-state index in [9.17, 15) is 8.78 Å². The number of rotatable bonds is 8. The van der Waals surface area contributed by atoms with Crippen LogP contribution in [0.25, 0.3) is 11.0 Å². The Morgan fingerprint density at radius 1 is 1.08 bits per heavy atom. The van der Waals surface area contributed by atoms with Crippen LogP contribution in [0.5, 0.6) is 11.6 Å². The largest absolute Gasteiger partial charge is 0.473 e. The van der Waals surface area contributed by atoms with Gasteiger partial charge in [-0.15, -0.1) is 0 Å². The van der Waals surface area contributed by atoms with Crippen LogP contribution in [0.15, 0.2) is 54.6 Å². The molecule has 0 aliphatic carbocycles. The highest BCUT2D eigenvalue weighted by Crippen LogP contribution is 2.30. The number of ether oxygens (including phenoxy) is 2. The van der Waals surface area contributed by atoms with Gasteiger partial charge in [-0.1, -0.05) is 29.8 Å². The first-order chi connectivity index (χ1) is 17.9. The summed E-state index contributed by atoms with van der Waals surface area (Å²) in [4.78, 5) is 11.8. The Hall–Kier alpha value is -3.23. The third-order valence-corrected chi connectivity index (χ3v) is 7.00. The Kier molecular flexibility index (Phi) is 7.58. The maximum Gasteiger partial charge on any atom is 0.235 e.